The van der Waals surface area contributed by atoms with Crippen LogP contribution in [0.5, 0.6) is 0 Å². The lowest BCUT2D eigenvalue weighted by Crippen LogP contribution is -2.76. The fourth-order valence-corrected chi connectivity index (χ4v) is 8.37. The Kier molecular flexibility index (Phi) is 9.91. The topological polar surface area (TPSA) is 110 Å². The Labute approximate surface area is 283 Å². The van der Waals surface area contributed by atoms with Gasteiger partial charge in [0.2, 0.25) is 21.8 Å². The third-order valence-electron chi connectivity index (χ3n) is 8.21. The number of fused-ring (bicyclic) bond motifs is 1. The number of piperazine rings is 1. The summed E-state index contributed by atoms with van der Waals surface area (Å²) in [7, 11) is -0.650. The van der Waals surface area contributed by atoms with Gasteiger partial charge in [0.15, 0.2) is 0 Å². The number of sulfonamides is 1. The molecule has 1 N–H and O–H groups in total. The molecule has 5 rings (SSSR count). The van der Waals surface area contributed by atoms with Crippen LogP contribution in [0, 0.1) is 0 Å². The zero-order valence-electron chi connectivity index (χ0n) is 25.7. The monoisotopic (exact) mass is 705 g/mol. The molecule has 0 spiro atoms. The van der Waals surface area contributed by atoms with E-state index in [2.05, 4.69) is 5.32 Å². The molecule has 14 heteroatoms. The van der Waals surface area contributed by atoms with E-state index >= 15 is 0 Å². The molecular weight excluding hydrogens is 673 g/mol. The highest BCUT2D eigenvalue weighted by Crippen LogP contribution is 2.35. The molecule has 3 aromatic rings. The van der Waals surface area contributed by atoms with Gasteiger partial charge in [-0.1, -0.05) is 46.9 Å². The Morgan fingerprint density at radius 1 is 0.935 bits per heavy atom. The van der Waals surface area contributed by atoms with Crippen molar-refractivity contribution in [2.24, 2.45) is 0 Å². The number of nitrogens with zero attached hydrogens (tertiary/aromatic N) is 4. The first-order valence-electron chi connectivity index (χ1n) is 14.6. The molecular formula is C32H34Cl3N5O5S. The van der Waals surface area contributed by atoms with Gasteiger partial charge in [0.05, 0.1) is 11.6 Å². The van der Waals surface area contributed by atoms with Crippen LogP contribution in [-0.4, -0.2) is 91.7 Å². The van der Waals surface area contributed by atoms with E-state index in [4.69, 9.17) is 34.8 Å². The number of carbonyl (C=O) groups excluding carboxylic acids is 3. The van der Waals surface area contributed by atoms with E-state index in [1.165, 1.54) is 23.1 Å². The molecule has 3 unspecified atom stereocenters. The highest BCUT2D eigenvalue weighted by molar-refractivity contribution is 7.89. The van der Waals surface area contributed by atoms with Crippen molar-refractivity contribution in [3.63, 3.8) is 0 Å². The number of carbonyl (C=O) groups is 3. The molecule has 244 valence electrons. The lowest BCUT2D eigenvalue weighted by Gasteiger charge is -2.54. The Hall–Kier alpha value is -3.35. The van der Waals surface area contributed by atoms with Gasteiger partial charge in [-0.25, -0.2) is 8.42 Å². The maximum atomic E-state index is 14.4. The lowest BCUT2D eigenvalue weighted by atomic mass is 9.96. The maximum absolute atomic E-state index is 14.4. The van der Waals surface area contributed by atoms with Crippen molar-refractivity contribution in [1.82, 2.24) is 19.4 Å². The van der Waals surface area contributed by atoms with Gasteiger partial charge in [0.25, 0.3) is 5.91 Å². The Balaban J connectivity index is 1.59. The van der Waals surface area contributed by atoms with Gasteiger partial charge in [-0.15, -0.1) is 0 Å². The van der Waals surface area contributed by atoms with Crippen molar-refractivity contribution >= 4 is 68.2 Å². The van der Waals surface area contributed by atoms with Crippen LogP contribution >= 0.6 is 34.8 Å². The van der Waals surface area contributed by atoms with E-state index in [0.717, 1.165) is 9.99 Å². The van der Waals surface area contributed by atoms with Crippen LogP contribution in [-0.2, 0) is 26.0 Å². The molecule has 0 saturated carbocycles. The molecule has 0 radical (unpaired) electrons. The summed E-state index contributed by atoms with van der Waals surface area (Å²) in [5.41, 5.74) is 1.84. The van der Waals surface area contributed by atoms with Crippen LogP contribution in [0.25, 0.3) is 0 Å². The summed E-state index contributed by atoms with van der Waals surface area (Å²) in [6.45, 7) is 3.19. The first kappa shape index (κ1) is 34.0. The Morgan fingerprint density at radius 2 is 1.61 bits per heavy atom. The average Bonchev–Trinajstić information content (AvgIpc) is 2.99. The van der Waals surface area contributed by atoms with Gasteiger partial charge in [-0.3, -0.25) is 14.4 Å². The van der Waals surface area contributed by atoms with Crippen LogP contribution in [0.4, 0.5) is 5.69 Å². The zero-order valence-corrected chi connectivity index (χ0v) is 28.7. The zero-order chi connectivity index (χ0) is 33.5. The normalized spacial score (nSPS) is 20.6. The Morgan fingerprint density at radius 3 is 2.22 bits per heavy atom. The van der Waals surface area contributed by atoms with E-state index < -0.39 is 40.1 Å². The second-order valence-electron chi connectivity index (χ2n) is 11.8. The quantitative estimate of drug-likeness (QED) is 0.369. The summed E-state index contributed by atoms with van der Waals surface area (Å²) in [6, 6.07) is 15.1. The molecule has 0 bridgehead atoms. The SMILES string of the molecule is CC(C)N1CC2N(C(=O)C(NC(=O)c3ccc(N(C)C)cc3)CN2S(=O)(=O)c2ccc(Cl)cc2Cl)C(Cc2cccc(Cl)c2)C1=O. The van der Waals surface area contributed by atoms with Crippen molar-refractivity contribution in [3.8, 4) is 0 Å². The van der Waals surface area contributed by atoms with Crippen LogP contribution in [0.15, 0.2) is 71.6 Å². The second-order valence-corrected chi connectivity index (χ2v) is 14.9. The van der Waals surface area contributed by atoms with Crippen LogP contribution in [0.3, 0.4) is 0 Å². The van der Waals surface area contributed by atoms with Crippen LogP contribution in [0.2, 0.25) is 15.1 Å². The van der Waals surface area contributed by atoms with Gasteiger partial charge in [0.1, 0.15) is 23.1 Å². The number of amides is 3. The molecule has 2 fully saturated rings. The van der Waals surface area contributed by atoms with E-state index in [0.29, 0.717) is 10.6 Å². The summed E-state index contributed by atoms with van der Waals surface area (Å²) in [5, 5.41) is 3.34. The molecule has 3 atom stereocenters. The van der Waals surface area contributed by atoms with Gasteiger partial charge < -0.3 is 20.0 Å². The fourth-order valence-electron chi connectivity index (χ4n) is 5.83. The first-order chi connectivity index (χ1) is 21.7. The van der Waals surface area contributed by atoms with Gasteiger partial charge in [0, 0.05) is 54.4 Å². The molecule has 2 saturated heterocycles. The molecule has 46 heavy (non-hydrogen) atoms. The number of anilines is 1. The summed E-state index contributed by atoms with van der Waals surface area (Å²) in [5.74, 6) is -1.48. The summed E-state index contributed by atoms with van der Waals surface area (Å²) in [6.07, 6.45) is -1.01. The van der Waals surface area contributed by atoms with Gasteiger partial charge in [-0.2, -0.15) is 4.31 Å². The predicted octanol–water partition coefficient (Wildman–Crippen LogP) is 4.53. The van der Waals surface area contributed by atoms with Crippen molar-refractivity contribution < 1.29 is 22.8 Å². The van der Waals surface area contributed by atoms with Crippen molar-refractivity contribution in [1.29, 1.82) is 0 Å². The smallest absolute Gasteiger partial charge is 0.251 e. The van der Waals surface area contributed by atoms with Crippen LogP contribution in [0.1, 0.15) is 29.8 Å². The molecule has 2 aliphatic heterocycles. The van der Waals surface area contributed by atoms with Crippen LogP contribution < -0.4 is 10.2 Å². The maximum Gasteiger partial charge on any atom is 0.251 e. The lowest BCUT2D eigenvalue weighted by molar-refractivity contribution is -0.168. The number of nitrogens with one attached hydrogen (secondary N) is 1. The van der Waals surface area contributed by atoms with E-state index in [9.17, 15) is 22.8 Å². The summed E-state index contributed by atoms with van der Waals surface area (Å²) in [4.78, 5) is 46.3. The highest BCUT2D eigenvalue weighted by atomic mass is 35.5. The number of halogens is 3. The number of hydrogen-bond acceptors (Lipinski definition) is 6. The molecule has 0 aromatic heterocycles. The standard InChI is InChI=1S/C32H34Cl3N5O5S/c1-19(2)38-18-29-39(46(44,45)28-13-10-23(34)16-25(28)35)17-26(36-30(41)21-8-11-24(12-9-21)37(3)4)31(42)40(29)27(32(38)43)15-20-6-5-7-22(33)14-20/h5-14,16,19,26-27,29H,15,17-18H2,1-4H3,(H,36,41). The minimum atomic E-state index is -4.39. The number of hydrogen-bond donors (Lipinski definition) is 1. The van der Waals surface area contributed by atoms with Crippen molar-refractivity contribution in [3.05, 3.63) is 92.9 Å². The van der Waals surface area contributed by atoms with Gasteiger partial charge in [-0.05, 0) is 74.0 Å². The summed E-state index contributed by atoms with van der Waals surface area (Å²) >= 11 is 18.7. The molecule has 3 aromatic carbocycles. The molecule has 10 nitrogen and oxygen atoms in total. The van der Waals surface area contributed by atoms with Crippen molar-refractivity contribution in [2.45, 2.75) is 49.5 Å². The van der Waals surface area contributed by atoms with Crippen molar-refractivity contribution in [2.75, 3.05) is 32.1 Å². The molecule has 3 amide bonds. The third kappa shape index (κ3) is 6.70. The minimum Gasteiger partial charge on any atom is -0.378 e. The second kappa shape index (κ2) is 13.4. The van der Waals surface area contributed by atoms with E-state index in [-0.39, 0.29) is 52.0 Å². The average molecular weight is 707 g/mol. The Bertz CT molecular complexity index is 1770. The largest absolute Gasteiger partial charge is 0.378 e. The number of rotatable bonds is 8. The first-order valence-corrected chi connectivity index (χ1v) is 17.2. The summed E-state index contributed by atoms with van der Waals surface area (Å²) < 4.78 is 29.9. The minimum absolute atomic E-state index is 0.0765. The third-order valence-corrected chi connectivity index (χ3v) is 11.0. The molecule has 2 aliphatic rings. The fraction of sp³-hybridized carbons (Fsp3) is 0.344. The van der Waals surface area contributed by atoms with E-state index in [1.54, 1.807) is 53.4 Å². The molecule has 0 aliphatic carbocycles. The predicted molar refractivity (Wildman–Crippen MR) is 179 cm³/mol. The van der Waals surface area contributed by atoms with Gasteiger partial charge >= 0.3 is 0 Å². The molecule has 2 heterocycles. The highest BCUT2D eigenvalue weighted by Gasteiger charge is 2.54. The van der Waals surface area contributed by atoms with E-state index in [1.807, 2.05) is 32.8 Å². The number of benzene rings is 3.